The summed E-state index contributed by atoms with van der Waals surface area (Å²) in [6.45, 7) is 7.01. The van der Waals surface area contributed by atoms with E-state index in [0.29, 0.717) is 5.69 Å². The molecule has 1 atom stereocenters. The van der Waals surface area contributed by atoms with Gasteiger partial charge in [0.2, 0.25) is 10.0 Å². The van der Waals surface area contributed by atoms with E-state index < -0.39 is 27.8 Å². The summed E-state index contributed by atoms with van der Waals surface area (Å²) in [5.41, 5.74) is 0.618. The van der Waals surface area contributed by atoms with Gasteiger partial charge in [0.05, 0.1) is 5.69 Å². The lowest BCUT2D eigenvalue weighted by Gasteiger charge is -2.29. The molecule has 1 aliphatic heterocycles. The van der Waals surface area contributed by atoms with E-state index in [-0.39, 0.29) is 4.90 Å². The third-order valence-corrected chi connectivity index (χ3v) is 4.12. The average Bonchev–Trinajstić information content (AvgIpc) is 2.24. The van der Waals surface area contributed by atoms with Crippen molar-refractivity contribution in [2.75, 3.05) is 5.32 Å². The van der Waals surface area contributed by atoms with Crippen LogP contribution in [-0.4, -0.2) is 26.2 Å². The highest BCUT2D eigenvalue weighted by Gasteiger charge is 2.35. The molecule has 0 fully saturated rings. The number of carbonyl (C=O) groups excluding carboxylic acids is 1. The van der Waals surface area contributed by atoms with Crippen molar-refractivity contribution in [1.82, 2.24) is 4.72 Å². The van der Waals surface area contributed by atoms with Gasteiger partial charge in [-0.2, -0.15) is 4.72 Å². The van der Waals surface area contributed by atoms with Crippen molar-refractivity contribution in [2.45, 2.75) is 44.4 Å². The number of rotatable bonds is 1. The molecule has 0 radical (unpaired) electrons. The average molecular weight is 298 g/mol. The number of hydrogen-bond donors (Lipinski definition) is 2. The molecule has 1 heterocycles. The Kier molecular flexibility index (Phi) is 3.51. The number of benzene rings is 1. The minimum Gasteiger partial charge on any atom is -0.457 e. The topological polar surface area (TPSA) is 84.5 Å². The van der Waals surface area contributed by atoms with Gasteiger partial charge >= 0.3 is 5.97 Å². The number of hydrogen-bond acceptors (Lipinski definition) is 5. The van der Waals surface area contributed by atoms with Crippen LogP contribution in [-0.2, 0) is 19.6 Å². The van der Waals surface area contributed by atoms with Gasteiger partial charge in [0.25, 0.3) is 0 Å². The van der Waals surface area contributed by atoms with Gasteiger partial charge in [-0.15, -0.1) is 0 Å². The third kappa shape index (κ3) is 3.10. The molecule has 1 aromatic carbocycles. The van der Waals surface area contributed by atoms with Crippen LogP contribution in [0.2, 0.25) is 0 Å². The van der Waals surface area contributed by atoms with Crippen molar-refractivity contribution in [3.63, 3.8) is 0 Å². The van der Waals surface area contributed by atoms with Crippen LogP contribution in [0.5, 0.6) is 0 Å². The number of ether oxygens (including phenoxy) is 1. The molecule has 0 saturated carbocycles. The Morgan fingerprint density at radius 1 is 1.30 bits per heavy atom. The third-order valence-electron chi connectivity index (χ3n) is 2.64. The van der Waals surface area contributed by atoms with E-state index in [1.807, 2.05) is 6.92 Å². The lowest BCUT2D eigenvalue weighted by molar-refractivity contribution is -0.156. The van der Waals surface area contributed by atoms with E-state index in [1.54, 1.807) is 32.9 Å². The van der Waals surface area contributed by atoms with Crippen LogP contribution in [0.3, 0.4) is 0 Å². The molecule has 7 heteroatoms. The Bertz CT molecular complexity index is 647. The molecule has 0 bridgehead atoms. The second kappa shape index (κ2) is 4.75. The first-order valence-electron chi connectivity index (χ1n) is 6.21. The molecule has 0 saturated heterocycles. The van der Waals surface area contributed by atoms with E-state index in [9.17, 15) is 13.2 Å². The standard InChI is InChI=1S/C13H18N2O4S/c1-8-5-6-10-9(7-8)14-11(15-20(10,17)18)12(16)19-13(2,3)4/h5-7,11,14-15H,1-4H3. The van der Waals surface area contributed by atoms with Gasteiger partial charge in [0, 0.05) is 0 Å². The lowest BCUT2D eigenvalue weighted by Crippen LogP contribution is -2.51. The summed E-state index contributed by atoms with van der Waals surface area (Å²) in [5.74, 6) is -0.659. The number of anilines is 1. The van der Waals surface area contributed by atoms with Crippen molar-refractivity contribution in [2.24, 2.45) is 0 Å². The highest BCUT2D eigenvalue weighted by molar-refractivity contribution is 7.89. The Balaban J connectivity index is 2.33. The van der Waals surface area contributed by atoms with E-state index in [4.69, 9.17) is 4.74 Å². The van der Waals surface area contributed by atoms with E-state index >= 15 is 0 Å². The fraction of sp³-hybridized carbons (Fsp3) is 0.462. The SMILES string of the molecule is Cc1ccc2c(c1)NC(C(=O)OC(C)(C)C)NS2(=O)=O. The predicted molar refractivity (Wildman–Crippen MR) is 74.8 cm³/mol. The van der Waals surface area contributed by atoms with Gasteiger partial charge < -0.3 is 10.1 Å². The van der Waals surface area contributed by atoms with Gasteiger partial charge in [-0.25, -0.2) is 13.2 Å². The van der Waals surface area contributed by atoms with Gasteiger partial charge in [-0.1, -0.05) is 6.07 Å². The minimum absolute atomic E-state index is 0.128. The Labute approximate surface area is 118 Å². The molecule has 1 aliphatic rings. The molecule has 0 aliphatic carbocycles. The number of carbonyl (C=O) groups is 1. The zero-order valence-corrected chi connectivity index (χ0v) is 12.7. The summed E-state index contributed by atoms with van der Waals surface area (Å²) in [7, 11) is -3.72. The normalized spacial score (nSPS) is 20.7. The molecule has 0 spiro atoms. The van der Waals surface area contributed by atoms with E-state index in [2.05, 4.69) is 10.0 Å². The van der Waals surface area contributed by atoms with E-state index in [1.165, 1.54) is 6.07 Å². The molecule has 0 amide bonds. The molecule has 110 valence electrons. The predicted octanol–water partition coefficient (Wildman–Crippen LogP) is 1.37. The van der Waals surface area contributed by atoms with Crippen molar-refractivity contribution in [1.29, 1.82) is 0 Å². The second-order valence-electron chi connectivity index (χ2n) is 5.73. The molecule has 1 unspecified atom stereocenters. The number of aryl methyl sites for hydroxylation is 1. The smallest absolute Gasteiger partial charge is 0.345 e. The van der Waals surface area contributed by atoms with Crippen molar-refractivity contribution in [3.05, 3.63) is 23.8 Å². The quantitative estimate of drug-likeness (QED) is 0.765. The largest absolute Gasteiger partial charge is 0.457 e. The fourth-order valence-corrected chi connectivity index (χ4v) is 3.11. The molecule has 20 heavy (non-hydrogen) atoms. The summed E-state index contributed by atoms with van der Waals surface area (Å²) < 4.78 is 31.7. The van der Waals surface area contributed by atoms with Gasteiger partial charge in [-0.05, 0) is 45.4 Å². The molecule has 1 aromatic rings. The highest BCUT2D eigenvalue weighted by Crippen LogP contribution is 2.27. The van der Waals surface area contributed by atoms with Crippen LogP contribution in [0, 0.1) is 6.92 Å². The maximum Gasteiger partial charge on any atom is 0.345 e. The van der Waals surface area contributed by atoms with Crippen LogP contribution in [0.4, 0.5) is 5.69 Å². The van der Waals surface area contributed by atoms with E-state index in [0.717, 1.165) is 5.56 Å². The van der Waals surface area contributed by atoms with Crippen LogP contribution >= 0.6 is 0 Å². The summed E-state index contributed by atoms with van der Waals surface area (Å²) in [6, 6.07) is 4.89. The monoisotopic (exact) mass is 298 g/mol. The Morgan fingerprint density at radius 2 is 1.95 bits per heavy atom. The molecule has 6 nitrogen and oxygen atoms in total. The zero-order valence-electron chi connectivity index (χ0n) is 11.9. The summed E-state index contributed by atoms with van der Waals surface area (Å²) in [4.78, 5) is 12.1. The number of nitrogens with one attached hydrogen (secondary N) is 2. The van der Waals surface area contributed by atoms with Gasteiger partial charge in [0.1, 0.15) is 10.5 Å². The zero-order chi connectivity index (χ0) is 15.1. The van der Waals surface area contributed by atoms with Crippen molar-refractivity contribution < 1.29 is 17.9 Å². The number of fused-ring (bicyclic) bond motifs is 1. The maximum atomic E-state index is 12.1. The Morgan fingerprint density at radius 3 is 2.55 bits per heavy atom. The summed E-state index contributed by atoms with van der Waals surface area (Å²) >= 11 is 0. The highest BCUT2D eigenvalue weighted by atomic mass is 32.2. The summed E-state index contributed by atoms with van der Waals surface area (Å²) in [5, 5.41) is 2.85. The second-order valence-corrected chi connectivity index (χ2v) is 7.41. The molecule has 2 N–H and O–H groups in total. The van der Waals surface area contributed by atoms with Crippen LogP contribution in [0.25, 0.3) is 0 Å². The Hall–Kier alpha value is -1.60. The van der Waals surface area contributed by atoms with Crippen molar-refractivity contribution in [3.8, 4) is 0 Å². The minimum atomic E-state index is -3.72. The first kappa shape index (κ1) is 14.8. The van der Waals surface area contributed by atoms with Crippen LogP contribution < -0.4 is 10.0 Å². The van der Waals surface area contributed by atoms with Crippen molar-refractivity contribution >= 4 is 21.7 Å². The molecule has 2 rings (SSSR count). The van der Waals surface area contributed by atoms with Crippen LogP contribution in [0.1, 0.15) is 26.3 Å². The van der Waals surface area contributed by atoms with Gasteiger partial charge in [0.15, 0.2) is 6.17 Å². The number of esters is 1. The molecular formula is C13H18N2O4S. The molecular weight excluding hydrogens is 280 g/mol. The number of sulfonamides is 1. The van der Waals surface area contributed by atoms with Crippen LogP contribution in [0.15, 0.2) is 23.1 Å². The summed E-state index contributed by atoms with van der Waals surface area (Å²) in [6.07, 6.45) is -1.12. The van der Waals surface area contributed by atoms with Gasteiger partial charge in [-0.3, -0.25) is 0 Å². The molecule has 0 aromatic heterocycles. The maximum absolute atomic E-state index is 12.1. The first-order chi connectivity index (χ1) is 9.08. The first-order valence-corrected chi connectivity index (χ1v) is 7.69. The fourth-order valence-electron chi connectivity index (χ4n) is 1.86. The lowest BCUT2D eigenvalue weighted by atomic mass is 10.2.